The van der Waals surface area contributed by atoms with Crippen LogP contribution in [0.15, 0.2) is 36.3 Å². The van der Waals surface area contributed by atoms with Gasteiger partial charge in [-0.2, -0.15) is 0 Å². The molecule has 5 heteroatoms. The van der Waals surface area contributed by atoms with Gasteiger partial charge < -0.3 is 14.8 Å². The maximum atomic E-state index is 11.8. The van der Waals surface area contributed by atoms with Crippen LogP contribution in [-0.4, -0.2) is 19.1 Å². The van der Waals surface area contributed by atoms with Crippen molar-refractivity contribution in [3.63, 3.8) is 0 Å². The highest BCUT2D eigenvalue weighted by Gasteiger charge is 2.17. The van der Waals surface area contributed by atoms with E-state index >= 15 is 0 Å². The third kappa shape index (κ3) is 3.17. The van der Waals surface area contributed by atoms with Crippen molar-refractivity contribution in [2.45, 2.75) is 13.0 Å². The highest BCUT2D eigenvalue weighted by atomic mass is 35.5. The summed E-state index contributed by atoms with van der Waals surface area (Å²) in [4.78, 5) is 11.8. The normalized spacial score (nSPS) is 16.0. The maximum Gasteiger partial charge on any atom is 0.290 e. The molecule has 4 nitrogen and oxygen atoms in total. The molecule has 0 aliphatic carbocycles. The van der Waals surface area contributed by atoms with Gasteiger partial charge in [0.25, 0.3) is 5.91 Å². The Morgan fingerprint density at radius 3 is 2.94 bits per heavy atom. The summed E-state index contributed by atoms with van der Waals surface area (Å²) in [6.07, 6.45) is 1.34. The smallest absolute Gasteiger partial charge is 0.290 e. The summed E-state index contributed by atoms with van der Waals surface area (Å²) in [5.41, 5.74) is 0.938. The zero-order chi connectivity index (χ0) is 13.0. The fourth-order valence-corrected chi connectivity index (χ4v) is 1.81. The largest absolute Gasteiger partial charge is 0.494 e. The summed E-state index contributed by atoms with van der Waals surface area (Å²) < 4.78 is 10.2. The molecule has 1 aromatic rings. The predicted molar refractivity (Wildman–Crippen MR) is 68.0 cm³/mol. The lowest BCUT2D eigenvalue weighted by Gasteiger charge is -2.18. The number of rotatable bonds is 3. The van der Waals surface area contributed by atoms with Crippen molar-refractivity contribution in [2.24, 2.45) is 0 Å². The van der Waals surface area contributed by atoms with Crippen LogP contribution < -0.4 is 5.32 Å². The molecule has 1 N–H and O–H groups in total. The van der Waals surface area contributed by atoms with E-state index in [2.05, 4.69) is 5.32 Å². The van der Waals surface area contributed by atoms with Crippen molar-refractivity contribution in [2.75, 3.05) is 13.2 Å². The zero-order valence-corrected chi connectivity index (χ0v) is 10.7. The van der Waals surface area contributed by atoms with E-state index in [4.69, 9.17) is 21.1 Å². The Balaban J connectivity index is 2.00. The van der Waals surface area contributed by atoms with Gasteiger partial charge in [0.05, 0.1) is 6.04 Å². The molecule has 1 heterocycles. The molecule has 0 saturated heterocycles. The molecule has 2 rings (SSSR count). The van der Waals surface area contributed by atoms with E-state index in [1.54, 1.807) is 6.07 Å². The first kappa shape index (κ1) is 12.8. The first-order valence-corrected chi connectivity index (χ1v) is 6.05. The van der Waals surface area contributed by atoms with Crippen LogP contribution in [0.1, 0.15) is 18.5 Å². The lowest BCUT2D eigenvalue weighted by molar-refractivity contribution is -0.122. The second-order valence-corrected chi connectivity index (χ2v) is 4.39. The number of carbonyl (C=O) groups is 1. The maximum absolute atomic E-state index is 11.8. The van der Waals surface area contributed by atoms with Gasteiger partial charge in [0, 0.05) is 5.02 Å². The molecule has 1 aliphatic heterocycles. The Morgan fingerprint density at radius 2 is 2.28 bits per heavy atom. The van der Waals surface area contributed by atoms with Gasteiger partial charge in [-0.15, -0.1) is 0 Å². The molecule has 0 saturated carbocycles. The first-order chi connectivity index (χ1) is 8.66. The zero-order valence-electron chi connectivity index (χ0n) is 9.98. The molecule has 0 unspecified atom stereocenters. The van der Waals surface area contributed by atoms with Gasteiger partial charge in [-0.25, -0.2) is 0 Å². The Bertz CT molecular complexity index is 473. The summed E-state index contributed by atoms with van der Waals surface area (Å²) in [6.45, 7) is 2.75. The van der Waals surface area contributed by atoms with Gasteiger partial charge in [-0.3, -0.25) is 4.79 Å². The van der Waals surface area contributed by atoms with E-state index in [1.165, 1.54) is 6.26 Å². The van der Waals surface area contributed by atoms with Crippen molar-refractivity contribution < 1.29 is 14.3 Å². The minimum atomic E-state index is -0.290. The molecule has 0 spiro atoms. The predicted octanol–water partition coefficient (Wildman–Crippen LogP) is 2.41. The van der Waals surface area contributed by atoms with Crippen LogP contribution >= 0.6 is 11.6 Å². The molecule has 0 radical (unpaired) electrons. The number of hydrogen-bond acceptors (Lipinski definition) is 3. The van der Waals surface area contributed by atoms with E-state index in [0.29, 0.717) is 18.2 Å². The second-order valence-electron chi connectivity index (χ2n) is 3.95. The second kappa shape index (κ2) is 5.78. The van der Waals surface area contributed by atoms with Crippen LogP contribution in [0.2, 0.25) is 5.02 Å². The van der Waals surface area contributed by atoms with Gasteiger partial charge in [0.2, 0.25) is 5.76 Å². The Kier molecular flexibility index (Phi) is 4.10. The number of benzene rings is 1. The van der Waals surface area contributed by atoms with Crippen LogP contribution in [0.25, 0.3) is 0 Å². The molecule has 1 aromatic carbocycles. The van der Waals surface area contributed by atoms with E-state index in [1.807, 2.05) is 25.1 Å². The van der Waals surface area contributed by atoms with E-state index in [9.17, 15) is 4.79 Å². The third-order valence-corrected chi connectivity index (χ3v) is 2.80. The summed E-state index contributed by atoms with van der Waals surface area (Å²) in [5.74, 6) is -0.0858. The highest BCUT2D eigenvalue weighted by molar-refractivity contribution is 6.30. The lowest BCUT2D eigenvalue weighted by Crippen LogP contribution is -2.30. The SMILES string of the molecule is C[C@H](NC(=O)C1=COCCO1)c1cccc(Cl)c1. The van der Waals surface area contributed by atoms with Gasteiger partial charge in [0.15, 0.2) is 0 Å². The fraction of sp³-hybridized carbons (Fsp3) is 0.308. The molecule has 1 amide bonds. The summed E-state index contributed by atoms with van der Waals surface area (Å²) in [5, 5.41) is 3.47. The molecule has 18 heavy (non-hydrogen) atoms. The molecule has 1 aliphatic rings. The van der Waals surface area contributed by atoms with E-state index < -0.39 is 0 Å². The third-order valence-electron chi connectivity index (χ3n) is 2.57. The van der Waals surface area contributed by atoms with Crippen LogP contribution in [0.4, 0.5) is 0 Å². The number of nitrogens with one attached hydrogen (secondary N) is 1. The standard InChI is InChI=1S/C13H14ClNO3/c1-9(10-3-2-4-11(14)7-10)15-13(16)12-8-17-5-6-18-12/h2-4,7-9H,5-6H2,1H3,(H,15,16)/t9-/m0/s1. The minimum absolute atomic E-state index is 0.150. The van der Waals surface area contributed by atoms with Crippen molar-refractivity contribution in [3.8, 4) is 0 Å². The molecule has 1 atom stereocenters. The number of hydrogen-bond donors (Lipinski definition) is 1. The average molecular weight is 268 g/mol. The summed E-state index contributed by atoms with van der Waals surface area (Å²) in [6, 6.07) is 7.21. The fourth-order valence-electron chi connectivity index (χ4n) is 1.61. The highest BCUT2D eigenvalue weighted by Crippen LogP contribution is 2.18. The van der Waals surface area contributed by atoms with Crippen LogP contribution in [-0.2, 0) is 14.3 Å². The molecule has 0 fully saturated rings. The lowest BCUT2D eigenvalue weighted by atomic mass is 10.1. The summed E-state index contributed by atoms with van der Waals surface area (Å²) in [7, 11) is 0. The quantitative estimate of drug-likeness (QED) is 0.915. The minimum Gasteiger partial charge on any atom is -0.494 e. The monoisotopic (exact) mass is 267 g/mol. The number of carbonyl (C=O) groups excluding carboxylic acids is 1. The van der Waals surface area contributed by atoms with E-state index in [0.717, 1.165) is 5.56 Å². The van der Waals surface area contributed by atoms with E-state index in [-0.39, 0.29) is 17.7 Å². The first-order valence-electron chi connectivity index (χ1n) is 5.68. The number of halogens is 1. The van der Waals surface area contributed by atoms with Gasteiger partial charge in [0.1, 0.15) is 19.5 Å². The Hall–Kier alpha value is -1.68. The van der Waals surface area contributed by atoms with Crippen LogP contribution in [0.5, 0.6) is 0 Å². The Morgan fingerprint density at radius 1 is 1.44 bits per heavy atom. The van der Waals surface area contributed by atoms with Gasteiger partial charge in [-0.05, 0) is 24.6 Å². The molecule has 96 valence electrons. The van der Waals surface area contributed by atoms with Crippen molar-refractivity contribution in [1.82, 2.24) is 5.32 Å². The number of ether oxygens (including phenoxy) is 2. The van der Waals surface area contributed by atoms with Crippen molar-refractivity contribution in [3.05, 3.63) is 46.9 Å². The Labute approximate surface area is 111 Å². The molecule has 0 aromatic heterocycles. The number of amides is 1. The van der Waals surface area contributed by atoms with Crippen LogP contribution in [0.3, 0.4) is 0 Å². The average Bonchev–Trinajstić information content (AvgIpc) is 2.39. The summed E-state index contributed by atoms with van der Waals surface area (Å²) >= 11 is 5.91. The van der Waals surface area contributed by atoms with Gasteiger partial charge in [-0.1, -0.05) is 23.7 Å². The topological polar surface area (TPSA) is 47.6 Å². The molecular weight excluding hydrogens is 254 g/mol. The van der Waals surface area contributed by atoms with Gasteiger partial charge >= 0.3 is 0 Å². The van der Waals surface area contributed by atoms with Crippen molar-refractivity contribution >= 4 is 17.5 Å². The molecular formula is C13H14ClNO3. The van der Waals surface area contributed by atoms with Crippen LogP contribution in [0, 0.1) is 0 Å². The van der Waals surface area contributed by atoms with Crippen molar-refractivity contribution in [1.29, 1.82) is 0 Å². The molecule has 0 bridgehead atoms.